The van der Waals surface area contributed by atoms with Crippen molar-refractivity contribution >= 4 is 11.6 Å². The van der Waals surface area contributed by atoms with E-state index in [0.717, 1.165) is 0 Å². The molecule has 0 saturated heterocycles. The molecule has 0 spiro atoms. The topological polar surface area (TPSA) is 25.8 Å². The molecule has 0 aliphatic rings. The molecule has 4 heteroatoms. The van der Waals surface area contributed by atoms with Crippen LogP contribution in [-0.4, -0.2) is 9.97 Å². The Morgan fingerprint density at radius 2 is 2.00 bits per heavy atom. The molecule has 0 aliphatic carbocycles. The summed E-state index contributed by atoms with van der Waals surface area (Å²) < 4.78 is 13.3. The van der Waals surface area contributed by atoms with Crippen LogP contribution >= 0.6 is 11.6 Å². The normalized spacial score (nSPS) is 11.8. The van der Waals surface area contributed by atoms with Crippen molar-refractivity contribution in [2.75, 3.05) is 0 Å². The SMILES string of the molecule is CC(C)(C)Cc1ncnc(Cl)c1F. The van der Waals surface area contributed by atoms with Gasteiger partial charge in [-0.25, -0.2) is 14.4 Å². The molecular weight excluding hydrogens is 191 g/mol. The Bertz CT molecular complexity index is 307. The van der Waals surface area contributed by atoms with Gasteiger partial charge in [0.2, 0.25) is 0 Å². The zero-order chi connectivity index (χ0) is 10.1. The first kappa shape index (κ1) is 10.4. The van der Waals surface area contributed by atoms with Crippen molar-refractivity contribution in [1.82, 2.24) is 9.97 Å². The molecule has 0 amide bonds. The van der Waals surface area contributed by atoms with Crippen LogP contribution in [0.15, 0.2) is 6.33 Å². The lowest BCUT2D eigenvalue weighted by Crippen LogP contribution is -2.12. The van der Waals surface area contributed by atoms with E-state index in [1.54, 1.807) is 0 Å². The van der Waals surface area contributed by atoms with Gasteiger partial charge in [0.05, 0.1) is 5.69 Å². The highest BCUT2D eigenvalue weighted by Gasteiger charge is 2.17. The van der Waals surface area contributed by atoms with E-state index in [-0.39, 0.29) is 10.6 Å². The zero-order valence-electron chi connectivity index (χ0n) is 7.93. The number of hydrogen-bond donors (Lipinski definition) is 0. The van der Waals surface area contributed by atoms with E-state index in [1.165, 1.54) is 6.33 Å². The van der Waals surface area contributed by atoms with Crippen LogP contribution in [0.25, 0.3) is 0 Å². The molecule has 0 atom stereocenters. The summed E-state index contributed by atoms with van der Waals surface area (Å²) in [5, 5.41) is -0.103. The predicted octanol–water partition coefficient (Wildman–Crippen LogP) is 2.86. The van der Waals surface area contributed by atoms with Crippen LogP contribution in [0.2, 0.25) is 5.15 Å². The van der Waals surface area contributed by atoms with Crippen LogP contribution in [0, 0.1) is 11.2 Å². The van der Waals surface area contributed by atoms with Gasteiger partial charge in [0.15, 0.2) is 11.0 Å². The largest absolute Gasteiger partial charge is 0.238 e. The molecule has 1 aromatic rings. The number of hydrogen-bond acceptors (Lipinski definition) is 2. The molecule has 0 N–H and O–H groups in total. The van der Waals surface area contributed by atoms with Crippen molar-refractivity contribution in [2.45, 2.75) is 27.2 Å². The fourth-order valence-corrected chi connectivity index (χ4v) is 1.16. The summed E-state index contributed by atoms with van der Waals surface area (Å²) in [6.07, 6.45) is 1.84. The Labute approximate surface area is 82.2 Å². The van der Waals surface area contributed by atoms with Crippen molar-refractivity contribution in [2.24, 2.45) is 5.41 Å². The first-order valence-electron chi connectivity index (χ1n) is 4.05. The first-order valence-corrected chi connectivity index (χ1v) is 4.43. The van der Waals surface area contributed by atoms with E-state index in [9.17, 15) is 4.39 Å². The lowest BCUT2D eigenvalue weighted by atomic mass is 9.90. The molecule has 72 valence electrons. The van der Waals surface area contributed by atoms with Gasteiger partial charge in [-0.15, -0.1) is 0 Å². The molecule has 1 aromatic heterocycles. The molecule has 1 rings (SSSR count). The van der Waals surface area contributed by atoms with Crippen LogP contribution in [0.5, 0.6) is 0 Å². The second-order valence-electron chi connectivity index (χ2n) is 4.16. The molecule has 13 heavy (non-hydrogen) atoms. The Hall–Kier alpha value is -0.700. The van der Waals surface area contributed by atoms with E-state index in [1.807, 2.05) is 20.8 Å². The predicted molar refractivity (Wildman–Crippen MR) is 50.2 cm³/mol. The van der Waals surface area contributed by atoms with Crippen LogP contribution in [0.3, 0.4) is 0 Å². The van der Waals surface area contributed by atoms with E-state index in [0.29, 0.717) is 12.1 Å². The fourth-order valence-electron chi connectivity index (χ4n) is 1.01. The molecule has 0 unspecified atom stereocenters. The van der Waals surface area contributed by atoms with Crippen LogP contribution in [0.1, 0.15) is 26.5 Å². The van der Waals surface area contributed by atoms with E-state index < -0.39 is 5.82 Å². The maximum absolute atomic E-state index is 13.3. The second kappa shape index (κ2) is 3.58. The van der Waals surface area contributed by atoms with Gasteiger partial charge in [-0.3, -0.25) is 0 Å². The minimum Gasteiger partial charge on any atom is -0.238 e. The molecular formula is C9H12ClFN2. The van der Waals surface area contributed by atoms with Gasteiger partial charge < -0.3 is 0 Å². The lowest BCUT2D eigenvalue weighted by Gasteiger charge is -2.17. The highest BCUT2D eigenvalue weighted by Crippen LogP contribution is 2.22. The van der Waals surface area contributed by atoms with Crippen molar-refractivity contribution < 1.29 is 4.39 Å². The van der Waals surface area contributed by atoms with E-state index >= 15 is 0 Å². The fraction of sp³-hybridized carbons (Fsp3) is 0.556. The average Bonchev–Trinajstić information content (AvgIpc) is 1.96. The maximum Gasteiger partial charge on any atom is 0.181 e. The highest BCUT2D eigenvalue weighted by atomic mass is 35.5. The van der Waals surface area contributed by atoms with Crippen LogP contribution < -0.4 is 0 Å². The molecule has 0 aromatic carbocycles. The smallest absolute Gasteiger partial charge is 0.181 e. The summed E-state index contributed by atoms with van der Waals surface area (Å²) in [6.45, 7) is 6.05. The number of aromatic nitrogens is 2. The van der Waals surface area contributed by atoms with Gasteiger partial charge in [-0.1, -0.05) is 32.4 Å². The summed E-state index contributed by atoms with van der Waals surface area (Å²) >= 11 is 5.52. The summed E-state index contributed by atoms with van der Waals surface area (Å²) in [5.74, 6) is -0.501. The Balaban J connectivity index is 2.96. The Kier molecular flexibility index (Phi) is 2.86. The van der Waals surface area contributed by atoms with Crippen molar-refractivity contribution in [1.29, 1.82) is 0 Å². The number of rotatable bonds is 1. The minimum absolute atomic E-state index is 0.00147. The van der Waals surface area contributed by atoms with Crippen molar-refractivity contribution in [3.8, 4) is 0 Å². The third kappa shape index (κ3) is 2.92. The summed E-state index contributed by atoms with van der Waals surface area (Å²) in [4.78, 5) is 7.40. The van der Waals surface area contributed by atoms with Gasteiger partial charge in [0.1, 0.15) is 6.33 Å². The molecule has 1 heterocycles. The van der Waals surface area contributed by atoms with Gasteiger partial charge in [0.25, 0.3) is 0 Å². The second-order valence-corrected chi connectivity index (χ2v) is 4.52. The molecule has 0 aliphatic heterocycles. The van der Waals surface area contributed by atoms with Gasteiger partial charge >= 0.3 is 0 Å². The monoisotopic (exact) mass is 202 g/mol. The van der Waals surface area contributed by atoms with Crippen LogP contribution in [0.4, 0.5) is 4.39 Å². The maximum atomic E-state index is 13.3. The molecule has 0 radical (unpaired) electrons. The molecule has 2 nitrogen and oxygen atoms in total. The van der Waals surface area contributed by atoms with Gasteiger partial charge in [-0.2, -0.15) is 0 Å². The van der Waals surface area contributed by atoms with Crippen molar-refractivity contribution in [3.63, 3.8) is 0 Å². The Morgan fingerprint density at radius 3 is 2.54 bits per heavy atom. The molecule has 0 saturated carbocycles. The number of nitrogens with zero attached hydrogens (tertiary/aromatic N) is 2. The first-order chi connectivity index (χ1) is 5.90. The van der Waals surface area contributed by atoms with Crippen molar-refractivity contribution in [3.05, 3.63) is 23.0 Å². The third-order valence-electron chi connectivity index (χ3n) is 1.52. The third-order valence-corrected chi connectivity index (χ3v) is 1.78. The highest BCUT2D eigenvalue weighted by molar-refractivity contribution is 6.29. The van der Waals surface area contributed by atoms with Gasteiger partial charge in [-0.05, 0) is 11.8 Å². The molecule has 0 bridgehead atoms. The average molecular weight is 203 g/mol. The standard InChI is InChI=1S/C9H12ClFN2/c1-9(2,3)4-6-7(11)8(10)13-5-12-6/h5H,4H2,1-3H3. The van der Waals surface area contributed by atoms with Gasteiger partial charge in [0, 0.05) is 0 Å². The quantitative estimate of drug-likeness (QED) is 0.655. The summed E-state index contributed by atoms with van der Waals surface area (Å²) in [5.41, 5.74) is 0.380. The van der Waals surface area contributed by atoms with E-state index in [2.05, 4.69) is 9.97 Å². The lowest BCUT2D eigenvalue weighted by molar-refractivity contribution is 0.395. The minimum atomic E-state index is -0.501. The number of halogens is 2. The summed E-state index contributed by atoms with van der Waals surface area (Å²) in [7, 11) is 0. The zero-order valence-corrected chi connectivity index (χ0v) is 8.69. The van der Waals surface area contributed by atoms with Crippen LogP contribution in [-0.2, 0) is 6.42 Å². The Morgan fingerprint density at radius 1 is 1.38 bits per heavy atom. The summed E-state index contributed by atoms with van der Waals surface area (Å²) in [6, 6.07) is 0. The van der Waals surface area contributed by atoms with E-state index in [4.69, 9.17) is 11.6 Å². The molecule has 0 fully saturated rings.